The molecule has 0 aliphatic carbocycles. The van der Waals surface area contributed by atoms with Gasteiger partial charge < -0.3 is 15.0 Å². The monoisotopic (exact) mass is 370 g/mol. The summed E-state index contributed by atoms with van der Waals surface area (Å²) >= 11 is 3.43. The van der Waals surface area contributed by atoms with E-state index < -0.39 is 5.60 Å². The van der Waals surface area contributed by atoms with Crippen molar-refractivity contribution in [2.75, 3.05) is 5.32 Å². The lowest BCUT2D eigenvalue weighted by Crippen LogP contribution is -2.21. The van der Waals surface area contributed by atoms with Gasteiger partial charge in [-0.3, -0.25) is 4.79 Å². The predicted octanol–water partition coefficient (Wildman–Crippen LogP) is 4.33. The normalized spacial score (nSPS) is 21.7. The summed E-state index contributed by atoms with van der Waals surface area (Å²) in [5.74, 6) is 0.486. The highest BCUT2D eigenvalue weighted by molar-refractivity contribution is 9.10. The van der Waals surface area contributed by atoms with Crippen molar-refractivity contribution >= 4 is 38.7 Å². The summed E-state index contributed by atoms with van der Waals surface area (Å²) in [5, 5.41) is 2.90. The fourth-order valence-corrected chi connectivity index (χ4v) is 3.46. The van der Waals surface area contributed by atoms with Crippen LogP contribution in [-0.4, -0.2) is 16.5 Å². The Morgan fingerprint density at radius 3 is 2.78 bits per heavy atom. The second-order valence-corrected chi connectivity index (χ2v) is 7.07. The standard InChI is InChI=1S/C18H15BrN2O2/c1-18(2)13(10-5-6-20-9-10)8-15(23-18)16-12-4-3-11(19)7-14(12)21-17(16)22/h3-9,20H,1-2H3,(H,21,22). The Bertz CT molecular complexity index is 876. The van der Waals surface area contributed by atoms with Gasteiger partial charge in [-0.05, 0) is 43.7 Å². The fourth-order valence-electron chi connectivity index (χ4n) is 3.10. The Morgan fingerprint density at radius 1 is 1.22 bits per heavy atom. The summed E-state index contributed by atoms with van der Waals surface area (Å²) in [5.41, 5.74) is 3.90. The molecule has 0 saturated carbocycles. The van der Waals surface area contributed by atoms with Gasteiger partial charge in [-0.25, -0.2) is 0 Å². The summed E-state index contributed by atoms with van der Waals surface area (Å²) in [4.78, 5) is 15.5. The van der Waals surface area contributed by atoms with Crippen LogP contribution in [-0.2, 0) is 9.53 Å². The van der Waals surface area contributed by atoms with Gasteiger partial charge in [-0.1, -0.05) is 22.0 Å². The van der Waals surface area contributed by atoms with Crippen LogP contribution in [0.4, 0.5) is 5.69 Å². The predicted molar refractivity (Wildman–Crippen MR) is 93.6 cm³/mol. The van der Waals surface area contributed by atoms with Crippen molar-refractivity contribution < 1.29 is 9.53 Å². The molecule has 4 rings (SSSR count). The molecule has 2 N–H and O–H groups in total. The maximum Gasteiger partial charge on any atom is 0.260 e. The van der Waals surface area contributed by atoms with Crippen molar-refractivity contribution in [2.45, 2.75) is 19.4 Å². The van der Waals surface area contributed by atoms with E-state index in [1.54, 1.807) is 0 Å². The lowest BCUT2D eigenvalue weighted by Gasteiger charge is -2.22. The quantitative estimate of drug-likeness (QED) is 0.733. The number of nitrogens with one attached hydrogen (secondary N) is 2. The molecule has 1 amide bonds. The lowest BCUT2D eigenvalue weighted by molar-refractivity contribution is -0.111. The van der Waals surface area contributed by atoms with E-state index in [1.165, 1.54) is 0 Å². The number of amides is 1. The van der Waals surface area contributed by atoms with Gasteiger partial charge >= 0.3 is 0 Å². The number of hydrogen-bond donors (Lipinski definition) is 2. The molecule has 3 heterocycles. The molecular weight excluding hydrogens is 356 g/mol. The molecule has 116 valence electrons. The summed E-state index contributed by atoms with van der Waals surface area (Å²) in [6, 6.07) is 7.76. The number of H-pyrrole nitrogens is 1. The van der Waals surface area contributed by atoms with Crippen LogP contribution in [0.2, 0.25) is 0 Å². The molecule has 0 saturated heterocycles. The van der Waals surface area contributed by atoms with E-state index in [9.17, 15) is 4.79 Å². The number of fused-ring (bicyclic) bond motifs is 1. The molecule has 0 unspecified atom stereocenters. The average Bonchev–Trinajstić information content (AvgIpc) is 3.15. The third kappa shape index (κ3) is 2.23. The van der Waals surface area contributed by atoms with E-state index in [4.69, 9.17) is 4.74 Å². The van der Waals surface area contributed by atoms with Crippen molar-refractivity contribution in [2.24, 2.45) is 0 Å². The van der Waals surface area contributed by atoms with Crippen molar-refractivity contribution in [1.82, 2.24) is 4.98 Å². The molecule has 2 aliphatic rings. The van der Waals surface area contributed by atoms with Crippen LogP contribution in [0, 0.1) is 0 Å². The van der Waals surface area contributed by atoms with Crippen molar-refractivity contribution in [1.29, 1.82) is 0 Å². The number of benzene rings is 1. The second kappa shape index (κ2) is 4.86. The Kier molecular flexibility index (Phi) is 3.03. The van der Waals surface area contributed by atoms with Crippen LogP contribution in [0.3, 0.4) is 0 Å². The van der Waals surface area contributed by atoms with Gasteiger partial charge in [0.2, 0.25) is 0 Å². The van der Waals surface area contributed by atoms with Gasteiger partial charge in [0.1, 0.15) is 11.4 Å². The number of aromatic amines is 1. The first-order valence-electron chi connectivity index (χ1n) is 7.35. The summed E-state index contributed by atoms with van der Waals surface area (Å²) in [7, 11) is 0. The third-order valence-corrected chi connectivity index (χ3v) is 4.66. The molecule has 0 radical (unpaired) electrons. The highest BCUT2D eigenvalue weighted by Gasteiger charge is 2.37. The number of allylic oxidation sites excluding steroid dienone is 1. The number of carbonyl (C=O) groups is 1. The summed E-state index contributed by atoms with van der Waals surface area (Å²) in [6.45, 7) is 4.02. The van der Waals surface area contributed by atoms with Crippen molar-refractivity contribution in [3.63, 3.8) is 0 Å². The molecular formula is C18H15BrN2O2. The topological polar surface area (TPSA) is 54.1 Å². The molecule has 0 spiro atoms. The van der Waals surface area contributed by atoms with Crippen LogP contribution in [0.1, 0.15) is 25.0 Å². The van der Waals surface area contributed by atoms with Crippen LogP contribution in [0.25, 0.3) is 11.1 Å². The first-order valence-corrected chi connectivity index (χ1v) is 8.15. The van der Waals surface area contributed by atoms with Gasteiger partial charge in [-0.2, -0.15) is 0 Å². The zero-order chi connectivity index (χ0) is 16.2. The van der Waals surface area contributed by atoms with Gasteiger partial charge in [0.15, 0.2) is 0 Å². The Hall–Kier alpha value is -2.27. The second-order valence-electron chi connectivity index (χ2n) is 6.15. The fraction of sp³-hybridized carbons (Fsp3) is 0.167. The minimum atomic E-state index is -0.483. The zero-order valence-corrected chi connectivity index (χ0v) is 14.3. The van der Waals surface area contributed by atoms with Crippen LogP contribution < -0.4 is 5.32 Å². The Morgan fingerprint density at radius 2 is 2.04 bits per heavy atom. The number of halogens is 1. The SMILES string of the molecule is CC1(C)OC(=C2C(=O)Nc3cc(Br)ccc32)C=C1c1cc[nH]c1. The Balaban J connectivity index is 1.88. The van der Waals surface area contributed by atoms with Crippen molar-refractivity contribution in [3.05, 3.63) is 64.1 Å². The molecule has 0 fully saturated rings. The van der Waals surface area contributed by atoms with E-state index in [0.29, 0.717) is 11.3 Å². The number of carbonyl (C=O) groups excluding carboxylic acids is 1. The first kappa shape index (κ1) is 14.3. The maximum absolute atomic E-state index is 12.4. The molecule has 4 nitrogen and oxygen atoms in total. The number of aromatic nitrogens is 1. The van der Waals surface area contributed by atoms with E-state index in [1.807, 2.05) is 56.6 Å². The van der Waals surface area contributed by atoms with Crippen LogP contribution >= 0.6 is 15.9 Å². The molecule has 23 heavy (non-hydrogen) atoms. The maximum atomic E-state index is 12.4. The van der Waals surface area contributed by atoms with Gasteiger partial charge in [0.25, 0.3) is 5.91 Å². The molecule has 1 aromatic carbocycles. The molecule has 5 heteroatoms. The minimum Gasteiger partial charge on any atom is -0.482 e. The molecule has 1 aromatic heterocycles. The third-order valence-electron chi connectivity index (χ3n) is 4.17. The number of anilines is 1. The number of ether oxygens (including phenoxy) is 1. The summed E-state index contributed by atoms with van der Waals surface area (Å²) in [6.07, 6.45) is 5.78. The largest absolute Gasteiger partial charge is 0.482 e. The van der Waals surface area contributed by atoms with E-state index >= 15 is 0 Å². The lowest BCUT2D eigenvalue weighted by atomic mass is 9.94. The first-order chi connectivity index (χ1) is 11.0. The number of hydrogen-bond acceptors (Lipinski definition) is 2. The highest BCUT2D eigenvalue weighted by atomic mass is 79.9. The average molecular weight is 371 g/mol. The molecule has 2 aromatic rings. The van der Waals surface area contributed by atoms with Gasteiger partial charge in [-0.15, -0.1) is 0 Å². The van der Waals surface area contributed by atoms with Crippen molar-refractivity contribution in [3.8, 4) is 0 Å². The molecule has 0 bridgehead atoms. The minimum absolute atomic E-state index is 0.129. The van der Waals surface area contributed by atoms with Gasteiger partial charge in [0.05, 0.1) is 11.3 Å². The van der Waals surface area contributed by atoms with Crippen LogP contribution in [0.15, 0.2) is 53.0 Å². The number of rotatable bonds is 1. The van der Waals surface area contributed by atoms with E-state index in [2.05, 4.69) is 26.2 Å². The Labute approximate surface area is 142 Å². The highest BCUT2D eigenvalue weighted by Crippen LogP contribution is 2.44. The smallest absolute Gasteiger partial charge is 0.260 e. The molecule has 2 aliphatic heterocycles. The molecule has 0 atom stereocenters. The van der Waals surface area contributed by atoms with E-state index in [-0.39, 0.29) is 5.91 Å². The van der Waals surface area contributed by atoms with E-state index in [0.717, 1.165) is 26.9 Å². The summed E-state index contributed by atoms with van der Waals surface area (Å²) < 4.78 is 7.06. The van der Waals surface area contributed by atoms with Crippen LogP contribution in [0.5, 0.6) is 0 Å². The van der Waals surface area contributed by atoms with Gasteiger partial charge in [0, 0.05) is 28.0 Å². The zero-order valence-electron chi connectivity index (χ0n) is 12.7.